The highest BCUT2D eigenvalue weighted by Gasteiger charge is 2.39. The zero-order valence-electron chi connectivity index (χ0n) is 20.4. The van der Waals surface area contributed by atoms with Gasteiger partial charge in [-0.1, -0.05) is 24.2 Å². The first-order chi connectivity index (χ1) is 16.9. The number of nitrogens with zero attached hydrogens (tertiary/aromatic N) is 3. The number of β-amino-alcohol motifs (C(OH)–C–C–N with tert-alkyl or cyclic N) is 1. The number of aliphatic hydroxyl groups is 1. The maximum atomic E-state index is 12.8. The molecule has 0 radical (unpaired) electrons. The van der Waals surface area contributed by atoms with Crippen LogP contribution in [0.4, 0.5) is 4.79 Å². The van der Waals surface area contributed by atoms with Crippen molar-refractivity contribution >= 4 is 11.8 Å². The highest BCUT2D eigenvalue weighted by molar-refractivity contribution is 5.76. The van der Waals surface area contributed by atoms with Crippen molar-refractivity contribution < 1.29 is 24.2 Å². The molecule has 9 heteroatoms. The standard InChI is InChI=1S/C26H32N4O5/c1-4-26(32)16-28(17-26)13-19-5-10-23(18(2)11-19)34-22-14-29(15-22)25(31)30-27-12-24(35-30)20-6-8-21(33-3)9-7-20/h5-12,22,27,32H,4,13-17H2,1-3H3. The molecule has 2 fully saturated rings. The number of methoxy groups -OCH3 is 1. The van der Waals surface area contributed by atoms with Gasteiger partial charge in [-0.3, -0.25) is 10.3 Å². The van der Waals surface area contributed by atoms with Crippen molar-refractivity contribution in [3.05, 3.63) is 65.4 Å². The number of hydroxylamine groups is 1. The Morgan fingerprint density at radius 2 is 1.94 bits per heavy atom. The maximum absolute atomic E-state index is 12.8. The molecule has 0 spiro atoms. The Hall–Kier alpha value is -3.43. The number of hydrazine groups is 1. The minimum Gasteiger partial charge on any atom is -0.497 e. The summed E-state index contributed by atoms with van der Waals surface area (Å²) in [6.45, 7) is 7.30. The van der Waals surface area contributed by atoms with E-state index in [1.807, 2.05) is 44.2 Å². The molecule has 2 saturated heterocycles. The highest BCUT2D eigenvalue weighted by atomic mass is 16.7. The third-order valence-corrected chi connectivity index (χ3v) is 6.80. The van der Waals surface area contributed by atoms with Crippen LogP contribution in [-0.4, -0.2) is 71.1 Å². The predicted molar refractivity (Wildman–Crippen MR) is 130 cm³/mol. The molecule has 9 nitrogen and oxygen atoms in total. The first kappa shape index (κ1) is 23.3. The SMILES string of the molecule is CCC1(O)CN(Cc2ccc(OC3CN(C(=O)N4NC=C(c5ccc(OC)cc5)O4)C3)c(C)c2)C1. The van der Waals surface area contributed by atoms with Crippen molar-refractivity contribution in [3.8, 4) is 11.5 Å². The van der Waals surface area contributed by atoms with Crippen molar-refractivity contribution in [2.24, 2.45) is 0 Å². The van der Waals surface area contributed by atoms with E-state index in [9.17, 15) is 9.90 Å². The first-order valence-corrected chi connectivity index (χ1v) is 11.9. The van der Waals surface area contributed by atoms with Crippen molar-refractivity contribution in [1.82, 2.24) is 20.4 Å². The molecular weight excluding hydrogens is 448 g/mol. The molecule has 2 amide bonds. The number of amides is 2. The van der Waals surface area contributed by atoms with Crippen LogP contribution in [0.3, 0.4) is 0 Å². The van der Waals surface area contributed by atoms with Gasteiger partial charge in [-0.2, -0.15) is 0 Å². The van der Waals surface area contributed by atoms with Crippen LogP contribution in [0.1, 0.15) is 30.0 Å². The molecule has 3 aliphatic heterocycles. The normalized spacial score (nSPS) is 19.3. The van der Waals surface area contributed by atoms with Gasteiger partial charge in [0, 0.05) is 25.2 Å². The van der Waals surface area contributed by atoms with Gasteiger partial charge in [0.1, 0.15) is 17.6 Å². The fraction of sp³-hybridized carbons (Fsp3) is 0.423. The molecule has 0 unspecified atom stereocenters. The third kappa shape index (κ3) is 4.87. The molecule has 0 bridgehead atoms. The van der Waals surface area contributed by atoms with Crippen LogP contribution in [0.15, 0.2) is 48.7 Å². The van der Waals surface area contributed by atoms with Gasteiger partial charge in [0.25, 0.3) is 0 Å². The molecule has 5 rings (SSSR count). The van der Waals surface area contributed by atoms with Gasteiger partial charge >= 0.3 is 6.03 Å². The van der Waals surface area contributed by atoms with Gasteiger partial charge in [-0.25, -0.2) is 4.79 Å². The maximum Gasteiger partial charge on any atom is 0.373 e. The molecule has 0 atom stereocenters. The molecule has 2 N–H and O–H groups in total. The molecule has 0 aliphatic carbocycles. The first-order valence-electron chi connectivity index (χ1n) is 11.9. The van der Waals surface area contributed by atoms with E-state index in [2.05, 4.69) is 22.5 Å². The number of ether oxygens (including phenoxy) is 2. The number of hydrogen-bond donors (Lipinski definition) is 2. The summed E-state index contributed by atoms with van der Waals surface area (Å²) in [7, 11) is 1.62. The molecule has 3 aliphatic rings. The smallest absolute Gasteiger partial charge is 0.373 e. The largest absolute Gasteiger partial charge is 0.497 e. The van der Waals surface area contributed by atoms with E-state index in [0.29, 0.717) is 18.8 Å². The summed E-state index contributed by atoms with van der Waals surface area (Å²) in [5.74, 6) is 2.15. The minimum atomic E-state index is -0.519. The number of rotatable bonds is 7. The van der Waals surface area contributed by atoms with Crippen LogP contribution < -0.4 is 14.9 Å². The Morgan fingerprint density at radius 1 is 1.20 bits per heavy atom. The Balaban J connectivity index is 1.07. The van der Waals surface area contributed by atoms with Gasteiger partial charge in [0.2, 0.25) is 0 Å². The fourth-order valence-electron chi connectivity index (χ4n) is 4.55. The van der Waals surface area contributed by atoms with E-state index in [0.717, 1.165) is 53.9 Å². The lowest BCUT2D eigenvalue weighted by molar-refractivity contribution is -0.103. The quantitative estimate of drug-likeness (QED) is 0.630. The summed E-state index contributed by atoms with van der Waals surface area (Å²) in [4.78, 5) is 22.4. The van der Waals surface area contributed by atoms with Crippen LogP contribution in [0.25, 0.3) is 5.76 Å². The second-order valence-electron chi connectivity index (χ2n) is 9.50. The summed E-state index contributed by atoms with van der Waals surface area (Å²) in [6.07, 6.45) is 2.38. The highest BCUT2D eigenvalue weighted by Crippen LogP contribution is 2.29. The van der Waals surface area contributed by atoms with Gasteiger partial charge in [0.15, 0.2) is 5.76 Å². The van der Waals surface area contributed by atoms with Crippen molar-refractivity contribution in [3.63, 3.8) is 0 Å². The van der Waals surface area contributed by atoms with Crippen molar-refractivity contribution in [2.75, 3.05) is 33.3 Å². The van der Waals surface area contributed by atoms with E-state index in [1.165, 1.54) is 5.56 Å². The molecule has 186 valence electrons. The minimum absolute atomic E-state index is 0.0601. The third-order valence-electron chi connectivity index (χ3n) is 6.80. The molecular formula is C26H32N4O5. The van der Waals surface area contributed by atoms with Crippen molar-refractivity contribution in [1.29, 1.82) is 0 Å². The van der Waals surface area contributed by atoms with E-state index in [1.54, 1.807) is 18.2 Å². The zero-order valence-corrected chi connectivity index (χ0v) is 20.4. The molecule has 0 saturated carbocycles. The summed E-state index contributed by atoms with van der Waals surface area (Å²) in [6, 6.07) is 13.4. The second-order valence-corrected chi connectivity index (χ2v) is 9.50. The molecule has 2 aromatic rings. The molecule has 35 heavy (non-hydrogen) atoms. The number of carbonyl (C=O) groups is 1. The monoisotopic (exact) mass is 480 g/mol. The van der Waals surface area contributed by atoms with E-state index >= 15 is 0 Å². The van der Waals surface area contributed by atoms with E-state index in [4.69, 9.17) is 14.3 Å². The van der Waals surface area contributed by atoms with Crippen LogP contribution >= 0.6 is 0 Å². The number of aryl methyl sites for hydroxylation is 1. The number of hydrogen-bond acceptors (Lipinski definition) is 7. The number of carbonyl (C=O) groups excluding carboxylic acids is 1. The average Bonchev–Trinajstić information content (AvgIpc) is 3.31. The average molecular weight is 481 g/mol. The summed E-state index contributed by atoms with van der Waals surface area (Å²) in [5, 5.41) is 11.3. The lowest BCUT2D eigenvalue weighted by Crippen LogP contribution is -2.60. The van der Waals surface area contributed by atoms with Crippen LogP contribution in [0.5, 0.6) is 11.5 Å². The Morgan fingerprint density at radius 3 is 2.60 bits per heavy atom. The predicted octanol–water partition coefficient (Wildman–Crippen LogP) is 2.89. The summed E-state index contributed by atoms with van der Waals surface area (Å²) in [5.41, 5.74) is 5.45. The lowest BCUT2D eigenvalue weighted by Gasteiger charge is -2.46. The van der Waals surface area contributed by atoms with E-state index < -0.39 is 5.60 Å². The van der Waals surface area contributed by atoms with Crippen LogP contribution in [0.2, 0.25) is 0 Å². The zero-order chi connectivity index (χ0) is 24.6. The Kier molecular flexibility index (Phi) is 6.21. The number of benzene rings is 2. The van der Waals surface area contributed by atoms with Gasteiger partial charge in [0.05, 0.1) is 32.0 Å². The second kappa shape index (κ2) is 9.31. The molecule has 0 aromatic heterocycles. The summed E-state index contributed by atoms with van der Waals surface area (Å²) >= 11 is 0. The van der Waals surface area contributed by atoms with Gasteiger partial charge in [-0.15, -0.1) is 0 Å². The van der Waals surface area contributed by atoms with Gasteiger partial charge < -0.3 is 24.3 Å². The number of urea groups is 1. The lowest BCUT2D eigenvalue weighted by atomic mass is 9.91. The Labute approximate surface area is 205 Å². The van der Waals surface area contributed by atoms with Crippen molar-refractivity contribution in [2.45, 2.75) is 38.5 Å². The van der Waals surface area contributed by atoms with E-state index in [-0.39, 0.29) is 12.1 Å². The Bertz CT molecular complexity index is 1110. The van der Waals surface area contributed by atoms with Gasteiger partial charge in [-0.05, 0) is 54.8 Å². The molecule has 2 aromatic carbocycles. The fourth-order valence-corrected chi connectivity index (χ4v) is 4.55. The molecule has 3 heterocycles. The number of likely N-dealkylation sites (tertiary alicyclic amines) is 2. The van der Waals surface area contributed by atoms with Crippen LogP contribution in [-0.2, 0) is 11.4 Å². The van der Waals surface area contributed by atoms with Crippen LogP contribution in [0, 0.1) is 6.92 Å². The topological polar surface area (TPSA) is 86.7 Å². The number of nitrogens with one attached hydrogen (secondary N) is 1. The summed E-state index contributed by atoms with van der Waals surface area (Å²) < 4.78 is 11.3.